The minimum Gasteiger partial charge on any atom is -0.326 e. The summed E-state index contributed by atoms with van der Waals surface area (Å²) in [5.41, 5.74) is 8.97. The average Bonchev–Trinajstić information content (AvgIpc) is 2.61. The molecule has 0 aliphatic carbocycles. The fourth-order valence-corrected chi connectivity index (χ4v) is 2.74. The van der Waals surface area contributed by atoms with E-state index in [0.29, 0.717) is 0 Å². The van der Waals surface area contributed by atoms with Crippen LogP contribution in [0, 0.1) is 6.92 Å². The van der Waals surface area contributed by atoms with Gasteiger partial charge in [0.25, 0.3) is 0 Å². The van der Waals surface area contributed by atoms with E-state index in [-0.39, 0.29) is 30.9 Å². The highest BCUT2D eigenvalue weighted by Gasteiger charge is 2.13. The molecule has 0 radical (unpaired) electrons. The van der Waals surface area contributed by atoms with E-state index < -0.39 is 0 Å². The zero-order valence-electron chi connectivity index (χ0n) is 12.4. The minimum absolute atomic E-state index is 0. The second-order valence-electron chi connectivity index (χ2n) is 5.66. The van der Waals surface area contributed by atoms with Crippen molar-refractivity contribution in [2.75, 3.05) is 19.6 Å². The molecule has 4 heteroatoms. The Morgan fingerprint density at radius 1 is 1.00 bits per heavy atom. The number of likely N-dealkylation sites (tertiary alicyclic amines) is 1. The monoisotopic (exact) mass is 318 g/mol. The van der Waals surface area contributed by atoms with Crippen LogP contribution in [0.5, 0.6) is 0 Å². The Kier molecular flexibility index (Phi) is 10.3. The van der Waals surface area contributed by atoms with E-state index >= 15 is 0 Å². The first kappa shape index (κ1) is 19.7. The number of halogens is 2. The number of nitrogens with zero attached hydrogens (tertiary/aromatic N) is 1. The molecule has 116 valence electrons. The Bertz CT molecular complexity index is 346. The van der Waals surface area contributed by atoms with E-state index in [1.54, 1.807) is 0 Å². The third-order valence-electron chi connectivity index (χ3n) is 3.81. The second-order valence-corrected chi connectivity index (χ2v) is 5.66. The summed E-state index contributed by atoms with van der Waals surface area (Å²) in [6, 6.07) is 9.03. The summed E-state index contributed by atoms with van der Waals surface area (Å²) in [4.78, 5) is 2.55. The quantitative estimate of drug-likeness (QED) is 0.919. The van der Waals surface area contributed by atoms with Crippen molar-refractivity contribution in [3.63, 3.8) is 0 Å². The first-order chi connectivity index (χ1) is 8.74. The zero-order valence-corrected chi connectivity index (χ0v) is 14.0. The van der Waals surface area contributed by atoms with Crippen molar-refractivity contribution in [3.8, 4) is 0 Å². The summed E-state index contributed by atoms with van der Waals surface area (Å²) < 4.78 is 0. The summed E-state index contributed by atoms with van der Waals surface area (Å²) in [5.74, 6) is 0. The maximum atomic E-state index is 6.28. The first-order valence-electron chi connectivity index (χ1n) is 7.27. The standard InChI is InChI=1S/C16H26N2.2ClH/c1-14-6-8-15(9-7-14)12-16(17)13-18-10-4-2-3-5-11-18;;/h6-9,16H,2-5,10-13,17H2,1H3;2*1H. The van der Waals surface area contributed by atoms with Gasteiger partial charge >= 0.3 is 0 Å². The number of benzene rings is 1. The van der Waals surface area contributed by atoms with Crippen LogP contribution >= 0.6 is 24.8 Å². The predicted octanol–water partition coefficient (Wildman–Crippen LogP) is 3.58. The van der Waals surface area contributed by atoms with Crippen LogP contribution in [0.15, 0.2) is 24.3 Å². The van der Waals surface area contributed by atoms with Crippen LogP contribution in [0.4, 0.5) is 0 Å². The molecule has 1 aromatic rings. The van der Waals surface area contributed by atoms with Gasteiger partial charge in [-0.25, -0.2) is 0 Å². The van der Waals surface area contributed by atoms with Gasteiger partial charge in [-0.15, -0.1) is 24.8 Å². The molecule has 1 unspecified atom stereocenters. The van der Waals surface area contributed by atoms with Crippen LogP contribution in [0.25, 0.3) is 0 Å². The number of hydrogen-bond donors (Lipinski definition) is 1. The molecule has 1 heterocycles. The molecule has 1 aromatic carbocycles. The van der Waals surface area contributed by atoms with Crippen LogP contribution in [-0.4, -0.2) is 30.6 Å². The molecule has 0 spiro atoms. The van der Waals surface area contributed by atoms with E-state index in [2.05, 4.69) is 36.1 Å². The van der Waals surface area contributed by atoms with Gasteiger partial charge in [-0.3, -0.25) is 0 Å². The van der Waals surface area contributed by atoms with E-state index in [9.17, 15) is 0 Å². The molecule has 2 rings (SSSR count). The van der Waals surface area contributed by atoms with Gasteiger partial charge in [0, 0.05) is 12.6 Å². The molecule has 1 fully saturated rings. The third kappa shape index (κ3) is 6.94. The van der Waals surface area contributed by atoms with Crippen molar-refractivity contribution in [2.24, 2.45) is 5.73 Å². The Hall–Kier alpha value is -0.280. The van der Waals surface area contributed by atoms with Crippen molar-refractivity contribution in [3.05, 3.63) is 35.4 Å². The topological polar surface area (TPSA) is 29.3 Å². The zero-order chi connectivity index (χ0) is 12.8. The van der Waals surface area contributed by atoms with Crippen molar-refractivity contribution < 1.29 is 0 Å². The summed E-state index contributed by atoms with van der Waals surface area (Å²) in [5, 5.41) is 0. The van der Waals surface area contributed by atoms with Gasteiger partial charge in [0.1, 0.15) is 0 Å². The van der Waals surface area contributed by atoms with Crippen LogP contribution < -0.4 is 5.73 Å². The van der Waals surface area contributed by atoms with Crippen molar-refractivity contribution in [1.82, 2.24) is 4.90 Å². The fraction of sp³-hybridized carbons (Fsp3) is 0.625. The lowest BCUT2D eigenvalue weighted by Gasteiger charge is -2.23. The maximum absolute atomic E-state index is 6.28. The summed E-state index contributed by atoms with van der Waals surface area (Å²) in [6.07, 6.45) is 6.47. The highest BCUT2D eigenvalue weighted by molar-refractivity contribution is 5.85. The van der Waals surface area contributed by atoms with Crippen LogP contribution in [-0.2, 0) is 6.42 Å². The lowest BCUT2D eigenvalue weighted by Crippen LogP contribution is -2.39. The molecular formula is C16H28Cl2N2. The van der Waals surface area contributed by atoms with Crippen molar-refractivity contribution >= 4 is 24.8 Å². The van der Waals surface area contributed by atoms with Gasteiger partial charge < -0.3 is 10.6 Å². The van der Waals surface area contributed by atoms with Crippen LogP contribution in [0.3, 0.4) is 0 Å². The van der Waals surface area contributed by atoms with Crippen molar-refractivity contribution in [2.45, 2.75) is 45.1 Å². The van der Waals surface area contributed by atoms with E-state index in [1.807, 2.05) is 0 Å². The second kappa shape index (κ2) is 10.4. The Labute approximate surface area is 135 Å². The molecule has 20 heavy (non-hydrogen) atoms. The molecule has 1 aliphatic rings. The maximum Gasteiger partial charge on any atom is 0.0208 e. The highest BCUT2D eigenvalue weighted by atomic mass is 35.5. The number of aryl methyl sites for hydroxylation is 1. The fourth-order valence-electron chi connectivity index (χ4n) is 2.74. The summed E-state index contributed by atoms with van der Waals surface area (Å²) in [6.45, 7) is 5.65. The predicted molar refractivity (Wildman–Crippen MR) is 92.3 cm³/mol. The SMILES string of the molecule is Cc1ccc(CC(N)CN2CCCCCC2)cc1.Cl.Cl. The lowest BCUT2D eigenvalue weighted by molar-refractivity contribution is 0.266. The van der Waals surface area contributed by atoms with Gasteiger partial charge in [0.15, 0.2) is 0 Å². The van der Waals surface area contributed by atoms with E-state index in [4.69, 9.17) is 5.73 Å². The molecule has 0 saturated carbocycles. The summed E-state index contributed by atoms with van der Waals surface area (Å²) >= 11 is 0. The van der Waals surface area contributed by atoms with Gasteiger partial charge in [-0.1, -0.05) is 42.7 Å². The molecule has 0 bridgehead atoms. The highest BCUT2D eigenvalue weighted by Crippen LogP contribution is 2.11. The molecule has 2 nitrogen and oxygen atoms in total. The van der Waals surface area contributed by atoms with E-state index in [1.165, 1.54) is 49.9 Å². The molecule has 0 aromatic heterocycles. The average molecular weight is 319 g/mol. The molecule has 1 atom stereocenters. The molecule has 2 N–H and O–H groups in total. The number of nitrogens with two attached hydrogens (primary N) is 1. The smallest absolute Gasteiger partial charge is 0.0208 e. The van der Waals surface area contributed by atoms with Gasteiger partial charge in [0.2, 0.25) is 0 Å². The van der Waals surface area contributed by atoms with Gasteiger partial charge in [-0.2, -0.15) is 0 Å². The number of rotatable bonds is 4. The normalized spacial score (nSPS) is 17.5. The first-order valence-corrected chi connectivity index (χ1v) is 7.27. The molecule has 0 amide bonds. The minimum atomic E-state index is 0. The molecule has 1 saturated heterocycles. The van der Waals surface area contributed by atoms with Crippen LogP contribution in [0.2, 0.25) is 0 Å². The van der Waals surface area contributed by atoms with Crippen molar-refractivity contribution in [1.29, 1.82) is 0 Å². The lowest BCUT2D eigenvalue weighted by atomic mass is 10.0. The Morgan fingerprint density at radius 2 is 1.55 bits per heavy atom. The molecule has 1 aliphatic heterocycles. The Balaban J connectivity index is 0.00000180. The largest absolute Gasteiger partial charge is 0.326 e. The summed E-state index contributed by atoms with van der Waals surface area (Å²) in [7, 11) is 0. The van der Waals surface area contributed by atoms with Gasteiger partial charge in [0.05, 0.1) is 0 Å². The van der Waals surface area contributed by atoms with E-state index in [0.717, 1.165) is 13.0 Å². The van der Waals surface area contributed by atoms with Gasteiger partial charge in [-0.05, 0) is 44.8 Å². The molecular weight excluding hydrogens is 291 g/mol. The van der Waals surface area contributed by atoms with Crippen LogP contribution in [0.1, 0.15) is 36.8 Å². The number of hydrogen-bond acceptors (Lipinski definition) is 2. The Morgan fingerprint density at radius 3 is 2.10 bits per heavy atom. The third-order valence-corrected chi connectivity index (χ3v) is 3.81.